The summed E-state index contributed by atoms with van der Waals surface area (Å²) in [6.07, 6.45) is 0. The van der Waals surface area contributed by atoms with Gasteiger partial charge in [-0.3, -0.25) is 14.8 Å². The van der Waals surface area contributed by atoms with Gasteiger partial charge in [0.05, 0.1) is 5.69 Å². The molecule has 10 heteroatoms. The summed E-state index contributed by atoms with van der Waals surface area (Å²) in [6, 6.07) is 24.2. The molecular weight excluding hydrogens is 436 g/mol. The summed E-state index contributed by atoms with van der Waals surface area (Å²) in [6.45, 7) is 0. The summed E-state index contributed by atoms with van der Waals surface area (Å²) in [7, 11) is -4.04. The Morgan fingerprint density at radius 2 is 1.48 bits per heavy atom. The molecule has 0 saturated carbocycles. The predicted molar refractivity (Wildman–Crippen MR) is 118 cm³/mol. The number of para-hydroxylation sites is 3. The Bertz CT molecular complexity index is 1290. The number of rotatable bonds is 7. The molecule has 0 unspecified atom stereocenters. The highest BCUT2D eigenvalue weighted by molar-refractivity contribution is 7.94. The van der Waals surface area contributed by atoms with Crippen molar-refractivity contribution in [3.8, 4) is 11.5 Å². The van der Waals surface area contributed by atoms with E-state index in [4.69, 9.17) is 4.74 Å². The van der Waals surface area contributed by atoms with Gasteiger partial charge in [-0.2, -0.15) is 8.42 Å². The van der Waals surface area contributed by atoms with E-state index in [9.17, 15) is 13.2 Å². The van der Waals surface area contributed by atoms with Crippen LogP contribution in [0.15, 0.2) is 89.3 Å². The SMILES string of the molecule is O=C(Nc1nnc(S(=O)(=O)Nc2ccccc2Oc2ccccc2)s1)c1ccccc1. The molecule has 3 aromatic carbocycles. The highest BCUT2D eigenvalue weighted by atomic mass is 32.2. The third kappa shape index (κ3) is 5.05. The van der Waals surface area contributed by atoms with E-state index >= 15 is 0 Å². The van der Waals surface area contributed by atoms with Crippen LogP contribution >= 0.6 is 11.3 Å². The summed E-state index contributed by atoms with van der Waals surface area (Å²) in [5.74, 6) is 0.491. The molecule has 0 saturated heterocycles. The molecule has 0 radical (unpaired) electrons. The zero-order chi connectivity index (χ0) is 21.7. The van der Waals surface area contributed by atoms with Crippen LogP contribution in [0.5, 0.6) is 11.5 Å². The Morgan fingerprint density at radius 1 is 0.839 bits per heavy atom. The van der Waals surface area contributed by atoms with Gasteiger partial charge in [0.2, 0.25) is 5.13 Å². The van der Waals surface area contributed by atoms with Gasteiger partial charge in [-0.25, -0.2) is 0 Å². The second-order valence-corrected chi connectivity index (χ2v) is 9.04. The number of hydrogen-bond donors (Lipinski definition) is 2. The van der Waals surface area contributed by atoms with Crippen molar-refractivity contribution >= 4 is 38.1 Å². The molecule has 0 fully saturated rings. The number of benzene rings is 3. The maximum Gasteiger partial charge on any atom is 0.291 e. The van der Waals surface area contributed by atoms with Crippen molar-refractivity contribution in [2.45, 2.75) is 4.34 Å². The minimum absolute atomic E-state index is 0.0723. The monoisotopic (exact) mass is 452 g/mol. The number of carbonyl (C=O) groups excluding carboxylic acids is 1. The molecule has 0 aliphatic carbocycles. The lowest BCUT2D eigenvalue weighted by molar-refractivity contribution is 0.102. The van der Waals surface area contributed by atoms with Gasteiger partial charge in [-0.05, 0) is 36.4 Å². The van der Waals surface area contributed by atoms with Gasteiger partial charge in [0.1, 0.15) is 5.75 Å². The number of carbonyl (C=O) groups is 1. The molecule has 4 aromatic rings. The van der Waals surface area contributed by atoms with Crippen LogP contribution in [0.1, 0.15) is 10.4 Å². The van der Waals surface area contributed by atoms with Crippen LogP contribution in [-0.2, 0) is 10.0 Å². The van der Waals surface area contributed by atoms with Crippen LogP contribution in [-0.4, -0.2) is 24.5 Å². The van der Waals surface area contributed by atoms with Crippen LogP contribution in [0.2, 0.25) is 0 Å². The fourth-order valence-corrected chi connectivity index (χ4v) is 4.54. The Morgan fingerprint density at radius 3 is 2.23 bits per heavy atom. The Labute approximate surface area is 182 Å². The van der Waals surface area contributed by atoms with E-state index in [1.807, 2.05) is 18.2 Å². The van der Waals surface area contributed by atoms with E-state index < -0.39 is 15.9 Å². The van der Waals surface area contributed by atoms with Crippen molar-refractivity contribution in [1.29, 1.82) is 0 Å². The molecule has 0 aliphatic rings. The van der Waals surface area contributed by atoms with Crippen LogP contribution in [0.4, 0.5) is 10.8 Å². The van der Waals surface area contributed by atoms with Gasteiger partial charge in [-0.15, -0.1) is 10.2 Å². The first kappa shape index (κ1) is 20.5. The molecule has 0 atom stereocenters. The number of nitrogens with one attached hydrogen (secondary N) is 2. The van der Waals surface area contributed by atoms with Gasteiger partial charge in [0.15, 0.2) is 5.75 Å². The van der Waals surface area contributed by atoms with Gasteiger partial charge < -0.3 is 4.74 Å². The molecule has 4 rings (SSSR count). The van der Waals surface area contributed by atoms with E-state index in [0.717, 1.165) is 11.3 Å². The first-order valence-corrected chi connectivity index (χ1v) is 11.4. The first-order valence-electron chi connectivity index (χ1n) is 9.06. The number of ether oxygens (including phenoxy) is 1. The number of hydrogen-bond acceptors (Lipinski definition) is 7. The smallest absolute Gasteiger partial charge is 0.291 e. The number of amides is 1. The van der Waals surface area contributed by atoms with Crippen LogP contribution in [0.3, 0.4) is 0 Å². The average Bonchev–Trinajstić information content (AvgIpc) is 3.26. The molecule has 1 aromatic heterocycles. The van der Waals surface area contributed by atoms with Crippen molar-refractivity contribution < 1.29 is 17.9 Å². The molecular formula is C21H16N4O4S2. The third-order valence-electron chi connectivity index (χ3n) is 4.00. The van der Waals surface area contributed by atoms with Crippen molar-refractivity contribution in [3.05, 3.63) is 90.5 Å². The standard InChI is InChI=1S/C21H16N4O4S2/c26-19(15-9-3-1-4-10-15)22-20-23-24-21(30-20)31(27,28)25-17-13-7-8-14-18(17)29-16-11-5-2-6-12-16/h1-14,25H,(H,22,23,26). The summed E-state index contributed by atoms with van der Waals surface area (Å²) in [4.78, 5) is 12.2. The largest absolute Gasteiger partial charge is 0.455 e. The van der Waals surface area contributed by atoms with Crippen LogP contribution < -0.4 is 14.8 Å². The van der Waals surface area contributed by atoms with E-state index in [-0.39, 0.29) is 15.2 Å². The fraction of sp³-hybridized carbons (Fsp3) is 0. The highest BCUT2D eigenvalue weighted by Gasteiger charge is 2.23. The molecule has 2 N–H and O–H groups in total. The van der Waals surface area contributed by atoms with Gasteiger partial charge in [-0.1, -0.05) is 59.9 Å². The normalized spacial score (nSPS) is 11.0. The fourth-order valence-electron chi connectivity index (χ4n) is 2.57. The Hall–Kier alpha value is -3.76. The molecule has 31 heavy (non-hydrogen) atoms. The number of sulfonamides is 1. The molecule has 156 valence electrons. The third-order valence-corrected chi connectivity index (χ3v) is 6.57. The maximum absolute atomic E-state index is 12.8. The van der Waals surface area contributed by atoms with Crippen LogP contribution in [0.25, 0.3) is 0 Å². The van der Waals surface area contributed by atoms with E-state index in [0.29, 0.717) is 17.1 Å². The van der Waals surface area contributed by atoms with Gasteiger partial charge >= 0.3 is 0 Å². The summed E-state index contributed by atoms with van der Waals surface area (Å²) in [5.41, 5.74) is 0.670. The lowest BCUT2D eigenvalue weighted by atomic mass is 10.2. The highest BCUT2D eigenvalue weighted by Crippen LogP contribution is 2.31. The summed E-state index contributed by atoms with van der Waals surface area (Å²) in [5, 5.41) is 10.1. The lowest BCUT2D eigenvalue weighted by Crippen LogP contribution is -2.13. The van der Waals surface area contributed by atoms with E-state index in [1.54, 1.807) is 66.7 Å². The zero-order valence-electron chi connectivity index (χ0n) is 15.9. The Balaban J connectivity index is 1.51. The van der Waals surface area contributed by atoms with Crippen molar-refractivity contribution in [2.24, 2.45) is 0 Å². The van der Waals surface area contributed by atoms with Crippen molar-refractivity contribution in [2.75, 3.05) is 10.0 Å². The van der Waals surface area contributed by atoms with Crippen LogP contribution in [0, 0.1) is 0 Å². The quantitative estimate of drug-likeness (QED) is 0.403. The summed E-state index contributed by atoms with van der Waals surface area (Å²) < 4.78 is 33.6. The zero-order valence-corrected chi connectivity index (χ0v) is 17.6. The average molecular weight is 453 g/mol. The van der Waals surface area contributed by atoms with Gasteiger partial charge in [0.25, 0.3) is 20.3 Å². The van der Waals surface area contributed by atoms with Crippen molar-refractivity contribution in [1.82, 2.24) is 10.2 Å². The lowest BCUT2D eigenvalue weighted by Gasteiger charge is -2.12. The molecule has 1 heterocycles. The first-order chi connectivity index (χ1) is 15.0. The second-order valence-electron chi connectivity index (χ2n) is 6.21. The summed E-state index contributed by atoms with van der Waals surface area (Å²) >= 11 is 0.746. The molecule has 8 nitrogen and oxygen atoms in total. The maximum atomic E-state index is 12.8. The predicted octanol–water partition coefficient (Wildman–Crippen LogP) is 4.38. The Kier molecular flexibility index (Phi) is 5.92. The number of aromatic nitrogens is 2. The number of nitrogens with zero attached hydrogens (tertiary/aromatic N) is 2. The molecule has 0 bridgehead atoms. The van der Waals surface area contributed by atoms with E-state index in [1.165, 1.54) is 0 Å². The minimum atomic E-state index is -4.04. The van der Waals surface area contributed by atoms with Gasteiger partial charge in [0, 0.05) is 5.56 Å². The number of anilines is 2. The molecule has 0 aliphatic heterocycles. The minimum Gasteiger partial charge on any atom is -0.455 e. The molecule has 1 amide bonds. The van der Waals surface area contributed by atoms with E-state index in [2.05, 4.69) is 20.2 Å². The second kappa shape index (κ2) is 8.94. The van der Waals surface area contributed by atoms with Crippen molar-refractivity contribution in [3.63, 3.8) is 0 Å². The topological polar surface area (TPSA) is 110 Å². The molecule has 0 spiro atoms.